The Labute approximate surface area is 118 Å². The molecule has 1 aromatic rings. The van der Waals surface area contributed by atoms with E-state index in [1.54, 1.807) is 13.8 Å². The zero-order chi connectivity index (χ0) is 15.1. The van der Waals surface area contributed by atoms with Crippen molar-refractivity contribution in [1.82, 2.24) is 15.0 Å². The number of ether oxygens (including phenoxy) is 1. The van der Waals surface area contributed by atoms with Crippen LogP contribution >= 0.6 is 0 Å². The Kier molecular flexibility index (Phi) is 6.14. The molecule has 0 bridgehead atoms. The van der Waals surface area contributed by atoms with Gasteiger partial charge in [-0.25, -0.2) is 0 Å². The van der Waals surface area contributed by atoms with Gasteiger partial charge in [0, 0.05) is 18.9 Å². The minimum absolute atomic E-state index is 0.0345. The second-order valence-electron chi connectivity index (χ2n) is 4.66. The first-order valence-electron chi connectivity index (χ1n) is 6.68. The summed E-state index contributed by atoms with van der Waals surface area (Å²) in [7, 11) is 0. The Hall–Kier alpha value is -1.92. The van der Waals surface area contributed by atoms with E-state index in [9.17, 15) is 9.59 Å². The fraction of sp³-hybridized carbons (Fsp3) is 0.692. The number of amides is 1. The average Bonchev–Trinajstić information content (AvgIpc) is 2.79. The molecule has 112 valence electrons. The molecule has 0 radical (unpaired) electrons. The normalized spacial score (nSPS) is 10.7. The van der Waals surface area contributed by atoms with E-state index in [-0.39, 0.29) is 24.9 Å². The summed E-state index contributed by atoms with van der Waals surface area (Å²) in [6, 6.07) is -0.0728. The van der Waals surface area contributed by atoms with Crippen molar-refractivity contribution in [2.24, 2.45) is 0 Å². The van der Waals surface area contributed by atoms with Gasteiger partial charge in [0.2, 0.25) is 11.8 Å². The fourth-order valence-electron chi connectivity index (χ4n) is 1.70. The molecule has 20 heavy (non-hydrogen) atoms. The van der Waals surface area contributed by atoms with Crippen LogP contribution in [-0.2, 0) is 20.7 Å². The molecule has 0 saturated heterocycles. The zero-order valence-corrected chi connectivity index (χ0v) is 12.4. The highest BCUT2D eigenvalue weighted by Crippen LogP contribution is 2.06. The SMILES string of the molecule is CCOC(=O)CN(C(=O)CCc1nc(C)no1)C(C)C. The molecule has 1 aromatic heterocycles. The number of nitrogens with zero attached hydrogens (tertiary/aromatic N) is 3. The van der Waals surface area contributed by atoms with Crippen LogP contribution in [0.1, 0.15) is 38.9 Å². The summed E-state index contributed by atoms with van der Waals surface area (Å²) in [5, 5.41) is 3.66. The van der Waals surface area contributed by atoms with Crippen LogP contribution in [0.4, 0.5) is 0 Å². The molecule has 0 fully saturated rings. The lowest BCUT2D eigenvalue weighted by atomic mass is 10.2. The summed E-state index contributed by atoms with van der Waals surface area (Å²) in [6.45, 7) is 7.43. The number of carbonyl (C=O) groups is 2. The topological polar surface area (TPSA) is 85.5 Å². The zero-order valence-electron chi connectivity index (χ0n) is 12.4. The largest absolute Gasteiger partial charge is 0.465 e. The van der Waals surface area contributed by atoms with Gasteiger partial charge in [-0.05, 0) is 27.7 Å². The minimum Gasteiger partial charge on any atom is -0.465 e. The van der Waals surface area contributed by atoms with Gasteiger partial charge in [-0.2, -0.15) is 4.98 Å². The Balaban J connectivity index is 2.53. The van der Waals surface area contributed by atoms with Gasteiger partial charge in [-0.3, -0.25) is 9.59 Å². The molecular formula is C13H21N3O4. The first-order chi connectivity index (χ1) is 9.43. The van der Waals surface area contributed by atoms with E-state index in [0.717, 1.165) is 0 Å². The van der Waals surface area contributed by atoms with Crippen LogP contribution in [0, 0.1) is 6.92 Å². The van der Waals surface area contributed by atoms with Gasteiger partial charge in [0.1, 0.15) is 6.54 Å². The molecular weight excluding hydrogens is 262 g/mol. The van der Waals surface area contributed by atoms with Crippen LogP contribution in [0.3, 0.4) is 0 Å². The molecule has 7 nitrogen and oxygen atoms in total. The van der Waals surface area contributed by atoms with E-state index in [1.807, 2.05) is 13.8 Å². The standard InChI is InChI=1S/C13H21N3O4/c1-5-19-13(18)8-16(9(2)3)12(17)7-6-11-14-10(4)15-20-11/h9H,5-8H2,1-4H3. The monoisotopic (exact) mass is 283 g/mol. The van der Waals surface area contributed by atoms with Crippen LogP contribution in [0.15, 0.2) is 4.52 Å². The lowest BCUT2D eigenvalue weighted by molar-refractivity contribution is -0.150. The molecule has 0 spiro atoms. The van der Waals surface area contributed by atoms with E-state index in [1.165, 1.54) is 4.90 Å². The number of hydrogen-bond acceptors (Lipinski definition) is 6. The molecule has 1 heterocycles. The summed E-state index contributed by atoms with van der Waals surface area (Å²) < 4.78 is 9.82. The van der Waals surface area contributed by atoms with Crippen LogP contribution in [0.2, 0.25) is 0 Å². The van der Waals surface area contributed by atoms with E-state index < -0.39 is 5.97 Å². The lowest BCUT2D eigenvalue weighted by Crippen LogP contribution is -2.41. The van der Waals surface area contributed by atoms with Crippen molar-refractivity contribution in [3.05, 3.63) is 11.7 Å². The van der Waals surface area contributed by atoms with Crippen LogP contribution < -0.4 is 0 Å². The Morgan fingerprint density at radius 2 is 2.10 bits per heavy atom. The predicted octanol–water partition coefficient (Wildman–Crippen LogP) is 1.11. The molecule has 0 aliphatic carbocycles. The van der Waals surface area contributed by atoms with Crippen LogP contribution in [0.5, 0.6) is 0 Å². The highest BCUT2D eigenvalue weighted by molar-refractivity contribution is 5.82. The first-order valence-corrected chi connectivity index (χ1v) is 6.68. The highest BCUT2D eigenvalue weighted by atomic mass is 16.5. The number of rotatable bonds is 7. The summed E-state index contributed by atoms with van der Waals surface area (Å²) in [4.78, 5) is 29.1. The van der Waals surface area contributed by atoms with Gasteiger partial charge < -0.3 is 14.2 Å². The van der Waals surface area contributed by atoms with E-state index in [0.29, 0.717) is 24.7 Å². The molecule has 0 aromatic carbocycles. The van der Waals surface area contributed by atoms with Crippen LogP contribution in [-0.4, -0.2) is 46.1 Å². The second-order valence-corrected chi connectivity index (χ2v) is 4.66. The average molecular weight is 283 g/mol. The third-order valence-corrected chi connectivity index (χ3v) is 2.67. The molecule has 0 atom stereocenters. The number of hydrogen-bond donors (Lipinski definition) is 0. The van der Waals surface area contributed by atoms with Crippen molar-refractivity contribution in [2.45, 2.75) is 46.6 Å². The Morgan fingerprint density at radius 1 is 1.40 bits per heavy atom. The van der Waals surface area contributed by atoms with Crippen molar-refractivity contribution in [1.29, 1.82) is 0 Å². The quantitative estimate of drug-likeness (QED) is 0.697. The summed E-state index contributed by atoms with van der Waals surface area (Å²) >= 11 is 0. The maximum Gasteiger partial charge on any atom is 0.325 e. The van der Waals surface area contributed by atoms with E-state index in [2.05, 4.69) is 10.1 Å². The van der Waals surface area contributed by atoms with Crippen molar-refractivity contribution in [2.75, 3.05) is 13.2 Å². The van der Waals surface area contributed by atoms with Gasteiger partial charge in [0.15, 0.2) is 5.82 Å². The first kappa shape index (κ1) is 16.1. The third kappa shape index (κ3) is 4.99. The minimum atomic E-state index is -0.400. The molecule has 0 N–H and O–H groups in total. The maximum atomic E-state index is 12.1. The van der Waals surface area contributed by atoms with E-state index in [4.69, 9.17) is 9.26 Å². The molecule has 7 heteroatoms. The summed E-state index contributed by atoms with van der Waals surface area (Å²) in [6.07, 6.45) is 0.588. The lowest BCUT2D eigenvalue weighted by Gasteiger charge is -2.25. The Bertz CT molecular complexity index is 456. The molecule has 0 unspecified atom stereocenters. The van der Waals surface area contributed by atoms with Crippen molar-refractivity contribution in [3.63, 3.8) is 0 Å². The number of aromatic nitrogens is 2. The van der Waals surface area contributed by atoms with Gasteiger partial charge in [-0.15, -0.1) is 0 Å². The predicted molar refractivity (Wildman–Crippen MR) is 70.8 cm³/mol. The second kappa shape index (κ2) is 7.62. The number of carbonyl (C=O) groups excluding carboxylic acids is 2. The highest BCUT2D eigenvalue weighted by Gasteiger charge is 2.21. The maximum absolute atomic E-state index is 12.1. The van der Waals surface area contributed by atoms with Gasteiger partial charge in [-0.1, -0.05) is 5.16 Å². The number of aryl methyl sites for hydroxylation is 2. The van der Waals surface area contributed by atoms with Crippen molar-refractivity contribution in [3.8, 4) is 0 Å². The van der Waals surface area contributed by atoms with Gasteiger partial charge in [0.05, 0.1) is 6.61 Å². The third-order valence-electron chi connectivity index (χ3n) is 2.67. The molecule has 1 amide bonds. The van der Waals surface area contributed by atoms with Gasteiger partial charge >= 0.3 is 5.97 Å². The van der Waals surface area contributed by atoms with Gasteiger partial charge in [0.25, 0.3) is 0 Å². The van der Waals surface area contributed by atoms with Crippen molar-refractivity contribution < 1.29 is 18.8 Å². The van der Waals surface area contributed by atoms with Crippen LogP contribution in [0.25, 0.3) is 0 Å². The number of esters is 1. The Morgan fingerprint density at radius 3 is 2.60 bits per heavy atom. The smallest absolute Gasteiger partial charge is 0.325 e. The molecule has 0 aliphatic heterocycles. The van der Waals surface area contributed by atoms with E-state index >= 15 is 0 Å². The summed E-state index contributed by atoms with van der Waals surface area (Å²) in [5.74, 6) is 0.433. The fourth-order valence-corrected chi connectivity index (χ4v) is 1.70. The molecule has 0 saturated carbocycles. The van der Waals surface area contributed by atoms with Crippen molar-refractivity contribution >= 4 is 11.9 Å². The summed E-state index contributed by atoms with van der Waals surface area (Å²) in [5.41, 5.74) is 0. The molecule has 0 aliphatic rings. The molecule has 1 rings (SSSR count).